The lowest BCUT2D eigenvalue weighted by molar-refractivity contribution is -0.121. The Balaban J connectivity index is 2.78. The number of likely N-dealkylation sites (N-methyl/N-ethyl adjacent to an activating group) is 1. The van der Waals surface area contributed by atoms with Gasteiger partial charge in [-0.3, -0.25) is 9.69 Å². The zero-order valence-corrected chi connectivity index (χ0v) is 12.7. The van der Waals surface area contributed by atoms with Gasteiger partial charge in [-0.1, -0.05) is 12.1 Å². The number of hydrogen-bond acceptors (Lipinski definition) is 4. The number of methoxy groups -OCH3 is 1. The molecule has 5 heteroatoms. The minimum atomic E-state index is -0.0296. The molecular formula is C15H25N3O2. The molecule has 1 aromatic rings. The van der Waals surface area contributed by atoms with Crippen molar-refractivity contribution in [3.8, 4) is 5.75 Å². The summed E-state index contributed by atoms with van der Waals surface area (Å²) in [6.45, 7) is 2.64. The van der Waals surface area contributed by atoms with Gasteiger partial charge >= 0.3 is 0 Å². The third-order valence-corrected chi connectivity index (χ3v) is 3.40. The topological polar surface area (TPSA) is 67.6 Å². The van der Waals surface area contributed by atoms with Crippen LogP contribution < -0.4 is 15.8 Å². The van der Waals surface area contributed by atoms with E-state index in [1.165, 1.54) is 0 Å². The Morgan fingerprint density at radius 2 is 2.00 bits per heavy atom. The summed E-state index contributed by atoms with van der Waals surface area (Å²) in [7, 11) is 5.28. The smallest absolute Gasteiger partial charge is 0.221 e. The molecular weight excluding hydrogens is 254 g/mol. The summed E-state index contributed by atoms with van der Waals surface area (Å²) in [6, 6.07) is 7.94. The molecule has 1 aromatic carbocycles. The maximum Gasteiger partial charge on any atom is 0.221 e. The Labute approximate surface area is 121 Å². The molecule has 0 aromatic heterocycles. The van der Waals surface area contributed by atoms with Crippen molar-refractivity contribution in [3.05, 3.63) is 29.8 Å². The van der Waals surface area contributed by atoms with Crippen LogP contribution in [0.25, 0.3) is 0 Å². The average molecular weight is 279 g/mol. The first-order chi connectivity index (χ1) is 9.49. The number of benzene rings is 1. The molecule has 0 aliphatic carbocycles. The molecule has 0 bridgehead atoms. The van der Waals surface area contributed by atoms with Crippen LogP contribution in [-0.2, 0) is 4.79 Å². The van der Waals surface area contributed by atoms with Crippen molar-refractivity contribution in [1.29, 1.82) is 0 Å². The van der Waals surface area contributed by atoms with Gasteiger partial charge in [-0.05, 0) is 31.7 Å². The van der Waals surface area contributed by atoms with Crippen molar-refractivity contribution in [3.63, 3.8) is 0 Å². The summed E-state index contributed by atoms with van der Waals surface area (Å²) in [4.78, 5) is 13.5. The van der Waals surface area contributed by atoms with Crippen molar-refractivity contribution < 1.29 is 9.53 Å². The minimum absolute atomic E-state index is 0.0296. The lowest BCUT2D eigenvalue weighted by Crippen LogP contribution is -2.38. The standard InChI is InChI=1S/C15H25N3O2/c1-11(16)15(18(3)10-9-14(19)17-2)12-5-7-13(20-4)8-6-12/h5-8,11,15H,9-10,16H2,1-4H3,(H,17,19). The summed E-state index contributed by atoms with van der Waals surface area (Å²) < 4.78 is 5.17. The van der Waals surface area contributed by atoms with Gasteiger partial charge in [0.1, 0.15) is 5.75 Å². The van der Waals surface area contributed by atoms with Crippen molar-refractivity contribution in [2.24, 2.45) is 5.73 Å². The molecule has 0 radical (unpaired) electrons. The fraction of sp³-hybridized carbons (Fsp3) is 0.533. The highest BCUT2D eigenvalue weighted by Gasteiger charge is 2.21. The highest BCUT2D eigenvalue weighted by molar-refractivity contribution is 5.75. The molecule has 20 heavy (non-hydrogen) atoms. The molecule has 2 unspecified atom stereocenters. The van der Waals surface area contributed by atoms with Gasteiger partial charge in [0.25, 0.3) is 0 Å². The maximum atomic E-state index is 11.3. The number of rotatable bonds is 7. The quantitative estimate of drug-likeness (QED) is 0.786. The number of ether oxygens (including phenoxy) is 1. The van der Waals surface area contributed by atoms with Gasteiger partial charge in [0.15, 0.2) is 0 Å². The van der Waals surface area contributed by atoms with Crippen LogP contribution in [0.5, 0.6) is 5.75 Å². The number of nitrogens with zero attached hydrogens (tertiary/aromatic N) is 1. The molecule has 0 aliphatic heterocycles. The Kier molecular flexibility index (Phi) is 6.48. The fourth-order valence-electron chi connectivity index (χ4n) is 2.30. The van der Waals surface area contributed by atoms with E-state index >= 15 is 0 Å². The van der Waals surface area contributed by atoms with E-state index in [0.29, 0.717) is 13.0 Å². The molecule has 0 saturated heterocycles. The number of carbonyl (C=O) groups excluding carboxylic acids is 1. The lowest BCUT2D eigenvalue weighted by Gasteiger charge is -2.31. The molecule has 0 aliphatic rings. The summed E-state index contributed by atoms with van der Waals surface area (Å²) in [5, 5.41) is 2.63. The zero-order chi connectivity index (χ0) is 15.1. The van der Waals surface area contributed by atoms with E-state index in [9.17, 15) is 4.79 Å². The SMILES string of the molecule is CNC(=O)CCN(C)C(c1ccc(OC)cc1)C(C)N. The summed E-state index contributed by atoms with van der Waals surface area (Å²) >= 11 is 0. The van der Waals surface area contributed by atoms with Gasteiger partial charge in [-0.25, -0.2) is 0 Å². The summed E-state index contributed by atoms with van der Waals surface area (Å²) in [5.74, 6) is 0.861. The van der Waals surface area contributed by atoms with E-state index in [2.05, 4.69) is 10.2 Å². The first-order valence-corrected chi connectivity index (χ1v) is 6.80. The van der Waals surface area contributed by atoms with Crippen molar-refractivity contribution in [2.45, 2.75) is 25.4 Å². The van der Waals surface area contributed by atoms with Crippen LogP contribution in [0.15, 0.2) is 24.3 Å². The number of nitrogens with one attached hydrogen (secondary N) is 1. The van der Waals surface area contributed by atoms with E-state index in [1.807, 2.05) is 38.2 Å². The Morgan fingerprint density at radius 3 is 2.45 bits per heavy atom. The largest absolute Gasteiger partial charge is 0.497 e. The molecule has 5 nitrogen and oxygen atoms in total. The van der Waals surface area contributed by atoms with E-state index in [4.69, 9.17) is 10.5 Å². The maximum absolute atomic E-state index is 11.3. The van der Waals surface area contributed by atoms with Crippen LogP contribution >= 0.6 is 0 Å². The fourth-order valence-corrected chi connectivity index (χ4v) is 2.30. The van der Waals surface area contributed by atoms with Crippen LogP contribution in [0.3, 0.4) is 0 Å². The minimum Gasteiger partial charge on any atom is -0.497 e. The molecule has 2 atom stereocenters. The molecule has 0 heterocycles. The predicted molar refractivity (Wildman–Crippen MR) is 80.7 cm³/mol. The first kappa shape index (κ1) is 16.5. The van der Waals surface area contributed by atoms with Crippen molar-refractivity contribution >= 4 is 5.91 Å². The van der Waals surface area contributed by atoms with Gasteiger partial charge in [0.05, 0.1) is 7.11 Å². The molecule has 112 valence electrons. The molecule has 1 rings (SSSR count). The summed E-state index contributed by atoms with van der Waals surface area (Å²) in [5.41, 5.74) is 7.23. The predicted octanol–water partition coefficient (Wildman–Crippen LogP) is 1.15. The molecule has 3 N–H and O–H groups in total. The number of amides is 1. The molecule has 1 amide bonds. The first-order valence-electron chi connectivity index (χ1n) is 6.80. The van der Waals surface area contributed by atoms with Gasteiger partial charge in [0.2, 0.25) is 5.91 Å². The highest BCUT2D eigenvalue weighted by Crippen LogP contribution is 2.24. The van der Waals surface area contributed by atoms with E-state index in [0.717, 1.165) is 11.3 Å². The van der Waals surface area contributed by atoms with Gasteiger partial charge in [0, 0.05) is 32.1 Å². The third-order valence-electron chi connectivity index (χ3n) is 3.40. The van der Waals surface area contributed by atoms with E-state index in [-0.39, 0.29) is 18.0 Å². The Hall–Kier alpha value is -1.59. The second-order valence-electron chi connectivity index (χ2n) is 4.98. The second kappa shape index (κ2) is 7.87. The summed E-state index contributed by atoms with van der Waals surface area (Å²) in [6.07, 6.45) is 0.465. The van der Waals surface area contributed by atoms with E-state index < -0.39 is 0 Å². The lowest BCUT2D eigenvalue weighted by atomic mass is 9.99. The van der Waals surface area contributed by atoms with Crippen molar-refractivity contribution in [2.75, 3.05) is 27.7 Å². The average Bonchev–Trinajstić information content (AvgIpc) is 2.45. The van der Waals surface area contributed by atoms with Crippen LogP contribution in [0.4, 0.5) is 0 Å². The monoisotopic (exact) mass is 279 g/mol. The highest BCUT2D eigenvalue weighted by atomic mass is 16.5. The number of hydrogen-bond donors (Lipinski definition) is 2. The second-order valence-corrected chi connectivity index (χ2v) is 4.98. The van der Waals surface area contributed by atoms with Crippen molar-refractivity contribution in [1.82, 2.24) is 10.2 Å². The number of carbonyl (C=O) groups is 1. The Morgan fingerprint density at radius 1 is 1.40 bits per heavy atom. The molecule has 0 saturated carbocycles. The normalized spacial score (nSPS) is 13.9. The number of nitrogens with two attached hydrogens (primary N) is 1. The van der Waals surface area contributed by atoms with Crippen LogP contribution in [0.2, 0.25) is 0 Å². The Bertz CT molecular complexity index is 418. The zero-order valence-electron chi connectivity index (χ0n) is 12.7. The third kappa shape index (κ3) is 4.51. The van der Waals surface area contributed by atoms with Gasteiger partial charge in [-0.2, -0.15) is 0 Å². The molecule has 0 spiro atoms. The van der Waals surface area contributed by atoms with Crippen LogP contribution in [-0.4, -0.2) is 44.6 Å². The molecule has 0 fully saturated rings. The van der Waals surface area contributed by atoms with E-state index in [1.54, 1.807) is 14.2 Å². The van der Waals surface area contributed by atoms with Crippen LogP contribution in [0.1, 0.15) is 24.9 Å². The van der Waals surface area contributed by atoms with Gasteiger partial charge in [-0.15, -0.1) is 0 Å². The van der Waals surface area contributed by atoms with Gasteiger partial charge < -0.3 is 15.8 Å². The van der Waals surface area contributed by atoms with Crippen LogP contribution in [0, 0.1) is 0 Å².